The third-order valence-corrected chi connectivity index (χ3v) is 31.0. The van der Waals surface area contributed by atoms with Crippen molar-refractivity contribution in [3.8, 4) is 0 Å². The maximum atomic E-state index is 14.8. The lowest BCUT2D eigenvalue weighted by Crippen LogP contribution is -2.70. The van der Waals surface area contributed by atoms with Crippen LogP contribution in [0.25, 0.3) is 0 Å². The van der Waals surface area contributed by atoms with Crippen molar-refractivity contribution in [2.24, 2.45) is 0 Å². The van der Waals surface area contributed by atoms with Crippen molar-refractivity contribution >= 4 is 43.2 Å². The van der Waals surface area contributed by atoms with Crippen molar-refractivity contribution in [3.05, 3.63) is 35.4 Å². The van der Waals surface area contributed by atoms with E-state index in [0.717, 1.165) is 55.5 Å². The minimum atomic E-state index is -2.95. The van der Waals surface area contributed by atoms with Crippen LogP contribution in [0.5, 0.6) is 0 Å². The lowest BCUT2D eigenvalue weighted by Gasteiger charge is -2.57. The minimum absolute atomic E-state index is 0.283. The highest BCUT2D eigenvalue weighted by Gasteiger charge is 2.66. The summed E-state index contributed by atoms with van der Waals surface area (Å²) in [4.78, 5) is 44.4. The quantitative estimate of drug-likeness (QED) is 0.0332. The molecule has 0 spiro atoms. The number of hydrogen-bond acceptors (Lipinski definition) is 10. The highest BCUT2D eigenvalue weighted by Crippen LogP contribution is 2.56. The van der Waals surface area contributed by atoms with Crippen molar-refractivity contribution in [2.75, 3.05) is 6.61 Å². The van der Waals surface area contributed by atoms with E-state index in [1.54, 1.807) is 12.1 Å². The van der Waals surface area contributed by atoms with E-state index in [0.29, 0.717) is 30.6 Å². The molecule has 4 heterocycles. The van der Waals surface area contributed by atoms with Gasteiger partial charge in [-0.15, -0.1) is 0 Å². The molecule has 0 N–H and O–H groups in total. The Labute approximate surface area is 416 Å². The molecule has 388 valence electrons. The molecule has 0 aliphatic carbocycles. The van der Waals surface area contributed by atoms with Gasteiger partial charge in [0.05, 0.1) is 42.1 Å². The molecule has 3 fully saturated rings. The molecule has 4 aliphatic rings. The summed E-state index contributed by atoms with van der Waals surface area (Å²) < 4.78 is 48.4. The molecule has 11 nitrogen and oxygen atoms in total. The minimum Gasteiger partial charge on any atom is -0.424 e. The van der Waals surface area contributed by atoms with Crippen molar-refractivity contribution in [2.45, 2.75) is 281 Å². The molecule has 1 aromatic carbocycles. The summed E-state index contributed by atoms with van der Waals surface area (Å²) in [7, 11) is -7.60. The molecular weight excluding hydrogens is 907 g/mol. The number of imide groups is 1. The number of rotatable bonds is 29. The standard InChI is InChI=1S/C54H95NO10Si3/c1-14-21-22-23-24-25-26-27-28-29-30-31-36-44(63-66(15-2,16-3)17-4)46(64-67(18-5,19-6)20-7)42(55-50(56)40-34-32-33-35-41(40)51(55)57)37-38-43-47-49(62-52(58)61-47)48-45(60-43)39-59-68(65-48,53(8,9)10)54(11,12)13/h32-35,42-49H,14-31,36-39H2,1-13H3/t42-,43+,44+,45+,46-,47-,48-,49+/m0/s1. The molecule has 5 rings (SSSR count). The first-order valence-corrected chi connectivity index (χ1v) is 34.4. The fourth-order valence-corrected chi connectivity index (χ4v) is 22.9. The lowest BCUT2D eigenvalue weighted by molar-refractivity contribution is -0.218. The Balaban J connectivity index is 1.50. The van der Waals surface area contributed by atoms with Gasteiger partial charge in [0.2, 0.25) is 0 Å². The van der Waals surface area contributed by atoms with Crippen molar-refractivity contribution < 1.29 is 46.3 Å². The molecular formula is C54H95NO10Si3. The largest absolute Gasteiger partial charge is 0.509 e. The molecule has 1 aromatic rings. The van der Waals surface area contributed by atoms with Crippen LogP contribution in [-0.4, -0.2) is 103 Å². The molecule has 8 atom stereocenters. The van der Waals surface area contributed by atoms with Gasteiger partial charge in [-0.05, 0) is 67.7 Å². The first-order valence-electron chi connectivity index (χ1n) is 27.5. The predicted molar refractivity (Wildman–Crippen MR) is 280 cm³/mol. The smallest absolute Gasteiger partial charge is 0.424 e. The van der Waals surface area contributed by atoms with E-state index in [1.807, 2.05) is 12.1 Å². The van der Waals surface area contributed by atoms with Crippen molar-refractivity contribution in [1.82, 2.24) is 4.90 Å². The van der Waals surface area contributed by atoms with Gasteiger partial charge in [-0.1, -0.05) is 179 Å². The summed E-state index contributed by atoms with van der Waals surface area (Å²) in [6.45, 7) is 29.1. The summed E-state index contributed by atoms with van der Waals surface area (Å²) in [5.74, 6) is -0.596. The summed E-state index contributed by atoms with van der Waals surface area (Å²) in [6, 6.07) is 12.2. The molecule has 0 unspecified atom stereocenters. The van der Waals surface area contributed by atoms with E-state index in [2.05, 4.69) is 90.0 Å². The zero-order chi connectivity index (χ0) is 49.9. The van der Waals surface area contributed by atoms with Crippen molar-refractivity contribution in [3.63, 3.8) is 0 Å². The number of unbranched alkanes of at least 4 members (excludes halogenated alkanes) is 11. The van der Waals surface area contributed by atoms with Gasteiger partial charge in [0.15, 0.2) is 28.8 Å². The molecule has 0 bridgehead atoms. The number of nitrogens with zero attached hydrogens (tertiary/aromatic N) is 1. The van der Waals surface area contributed by atoms with Gasteiger partial charge in [0.1, 0.15) is 12.2 Å². The Morgan fingerprint density at radius 1 is 0.632 bits per heavy atom. The normalized spacial score (nSPS) is 24.3. The average Bonchev–Trinajstić information content (AvgIpc) is 3.84. The number of fused-ring (bicyclic) bond motifs is 4. The first-order chi connectivity index (χ1) is 32.3. The van der Waals surface area contributed by atoms with Crippen LogP contribution in [-0.2, 0) is 31.9 Å². The molecule has 0 aromatic heterocycles. The van der Waals surface area contributed by atoms with Gasteiger partial charge in [-0.3, -0.25) is 14.5 Å². The maximum Gasteiger partial charge on any atom is 0.509 e. The van der Waals surface area contributed by atoms with E-state index < -0.39 is 74.0 Å². The number of amides is 2. The predicted octanol–water partition coefficient (Wildman–Crippen LogP) is 14.4. The zero-order valence-electron chi connectivity index (χ0n) is 45.0. The number of benzene rings is 1. The maximum absolute atomic E-state index is 14.8. The second-order valence-corrected chi connectivity index (χ2v) is 36.9. The monoisotopic (exact) mass is 1000 g/mol. The number of carbonyl (C=O) groups excluding carboxylic acids is 3. The van der Waals surface area contributed by atoms with Gasteiger partial charge in [0, 0.05) is 10.1 Å². The molecule has 68 heavy (non-hydrogen) atoms. The fourth-order valence-electron chi connectivity index (χ4n) is 12.1. The second-order valence-electron chi connectivity index (χ2n) is 22.7. The summed E-state index contributed by atoms with van der Waals surface area (Å²) in [5, 5.41) is -0.567. The van der Waals surface area contributed by atoms with Crippen LogP contribution in [0.3, 0.4) is 0 Å². The third-order valence-electron chi connectivity index (χ3n) is 16.6. The molecule has 2 amide bonds. The summed E-state index contributed by atoms with van der Waals surface area (Å²) in [6.07, 6.45) is 11.9. The zero-order valence-corrected chi connectivity index (χ0v) is 48.0. The van der Waals surface area contributed by atoms with Crippen LogP contribution < -0.4 is 0 Å². The van der Waals surface area contributed by atoms with E-state index in [-0.39, 0.29) is 28.0 Å². The highest BCUT2D eigenvalue weighted by molar-refractivity contribution is 6.74. The van der Waals surface area contributed by atoms with Crippen LogP contribution in [0.15, 0.2) is 24.3 Å². The van der Waals surface area contributed by atoms with Gasteiger partial charge >= 0.3 is 14.7 Å². The van der Waals surface area contributed by atoms with E-state index in [1.165, 1.54) is 69.1 Å². The van der Waals surface area contributed by atoms with Crippen LogP contribution >= 0.6 is 0 Å². The second kappa shape index (κ2) is 25.2. The number of hydrogen-bond donors (Lipinski definition) is 0. The Hall–Kier alpha value is -1.92. The SMILES string of the molecule is CCCCCCCCCCCCCC[C@@H](O[Si](CC)(CC)CC)[C@@H](O[Si](CC)(CC)CC)[C@H](CC[C@H]1O[C@@H]2CO[Si](C(C)(C)C)(C(C)(C)C)O[C@@H]2[C@@H]2OC(=O)O[C@H]21)N1C(=O)c2ccccc2C1=O. The van der Waals surface area contributed by atoms with E-state index in [9.17, 15) is 14.4 Å². The third kappa shape index (κ3) is 12.8. The van der Waals surface area contributed by atoms with Crippen LogP contribution in [0.1, 0.15) is 207 Å². The van der Waals surface area contributed by atoms with Gasteiger partial charge in [-0.25, -0.2) is 4.79 Å². The first kappa shape index (κ1) is 57.0. The van der Waals surface area contributed by atoms with Crippen LogP contribution in [0.4, 0.5) is 4.79 Å². The Morgan fingerprint density at radius 2 is 1.10 bits per heavy atom. The number of ether oxygens (including phenoxy) is 3. The average molecular weight is 1000 g/mol. The Morgan fingerprint density at radius 3 is 1.59 bits per heavy atom. The van der Waals surface area contributed by atoms with Crippen molar-refractivity contribution in [1.29, 1.82) is 0 Å². The highest BCUT2D eigenvalue weighted by atomic mass is 28.4. The fraction of sp³-hybridized carbons (Fsp3) is 0.833. The van der Waals surface area contributed by atoms with E-state index in [4.69, 9.17) is 31.9 Å². The van der Waals surface area contributed by atoms with E-state index >= 15 is 0 Å². The molecule has 14 heteroatoms. The molecule has 3 saturated heterocycles. The van der Waals surface area contributed by atoms with Crippen LogP contribution in [0.2, 0.25) is 46.3 Å². The Kier molecular flexibility index (Phi) is 21.1. The molecule has 0 radical (unpaired) electrons. The summed E-state index contributed by atoms with van der Waals surface area (Å²) in [5.41, 5.74) is 0.835. The molecule has 4 aliphatic heterocycles. The molecule has 0 saturated carbocycles. The Bertz CT molecular complexity index is 1690. The van der Waals surface area contributed by atoms with Gasteiger partial charge in [0.25, 0.3) is 11.8 Å². The van der Waals surface area contributed by atoms with Gasteiger partial charge < -0.3 is 31.9 Å². The summed E-state index contributed by atoms with van der Waals surface area (Å²) >= 11 is 0. The van der Waals surface area contributed by atoms with Crippen LogP contribution in [0, 0.1) is 0 Å². The van der Waals surface area contributed by atoms with Gasteiger partial charge in [-0.2, -0.15) is 0 Å². The number of carbonyl (C=O) groups is 3. The lowest BCUT2D eigenvalue weighted by atomic mass is 9.89. The topological polar surface area (TPSA) is 119 Å².